The van der Waals surface area contributed by atoms with Gasteiger partial charge in [0.05, 0.1) is 6.42 Å². The molecule has 0 fully saturated rings. The number of aliphatic carboxylic acids is 2. The van der Waals surface area contributed by atoms with Crippen LogP contribution in [0, 0.1) is 0 Å². The molecule has 0 radical (unpaired) electrons. The lowest BCUT2D eigenvalue weighted by Gasteiger charge is -2.13. The van der Waals surface area contributed by atoms with Crippen LogP contribution in [0.2, 0.25) is 0 Å². The number of carboxylic acid groups (broad SMARTS) is 2. The van der Waals surface area contributed by atoms with E-state index in [0.717, 1.165) is 4.72 Å². The topological polar surface area (TPSA) is 130 Å². The number of alkyl halides is 3. The van der Waals surface area contributed by atoms with Gasteiger partial charge in [-0.3, -0.25) is 9.59 Å². The van der Waals surface area contributed by atoms with E-state index >= 15 is 0 Å². The summed E-state index contributed by atoms with van der Waals surface area (Å²) in [7, 11) is -5.45. The molecule has 100 valence electrons. The van der Waals surface area contributed by atoms with Gasteiger partial charge in [-0.2, -0.15) is 17.3 Å². The molecular formula is C5H6F3NO7S. The van der Waals surface area contributed by atoms with E-state index in [2.05, 4.69) is 4.18 Å². The Labute approximate surface area is 92.2 Å². The molecule has 17 heavy (non-hydrogen) atoms. The summed E-state index contributed by atoms with van der Waals surface area (Å²) in [6.07, 6.45) is -6.78. The second-order valence-electron chi connectivity index (χ2n) is 2.59. The molecule has 1 atom stereocenters. The Bertz CT molecular complexity index is 402. The van der Waals surface area contributed by atoms with E-state index in [4.69, 9.17) is 10.2 Å². The van der Waals surface area contributed by atoms with Crippen molar-refractivity contribution in [3.05, 3.63) is 0 Å². The Morgan fingerprint density at radius 1 is 1.29 bits per heavy atom. The number of nitrogens with one attached hydrogen (secondary N) is 1. The largest absolute Gasteiger partial charge is 0.538 e. The lowest BCUT2D eigenvalue weighted by atomic mass is 10.2. The number of hydrogen-bond acceptors (Lipinski definition) is 5. The molecule has 0 aliphatic carbocycles. The van der Waals surface area contributed by atoms with Gasteiger partial charge in [-0.1, -0.05) is 0 Å². The van der Waals surface area contributed by atoms with Crippen molar-refractivity contribution in [3.8, 4) is 0 Å². The van der Waals surface area contributed by atoms with Crippen LogP contribution in [-0.4, -0.2) is 43.0 Å². The van der Waals surface area contributed by atoms with Crippen molar-refractivity contribution in [1.82, 2.24) is 4.72 Å². The quantitative estimate of drug-likeness (QED) is 0.586. The highest BCUT2D eigenvalue weighted by Gasteiger charge is 2.39. The standard InChI is InChI=1S/C5H6F3NO7S/c6-5(7,8)16-17(14,15)9-2(4(12)13)1-3(10)11/h2,9H,1H2,(H,10,11)(H,12,13)/t2-/m0/s1. The van der Waals surface area contributed by atoms with Crippen LogP contribution in [0.4, 0.5) is 13.2 Å². The van der Waals surface area contributed by atoms with Crippen LogP contribution in [0.5, 0.6) is 0 Å². The predicted octanol–water partition coefficient (Wildman–Crippen LogP) is -0.715. The molecule has 0 spiro atoms. The molecule has 0 aliphatic rings. The van der Waals surface area contributed by atoms with Gasteiger partial charge < -0.3 is 10.2 Å². The molecule has 0 aliphatic heterocycles. The maximum absolute atomic E-state index is 11.6. The molecule has 8 nitrogen and oxygen atoms in total. The van der Waals surface area contributed by atoms with Crippen molar-refractivity contribution in [2.45, 2.75) is 18.8 Å². The lowest BCUT2D eigenvalue weighted by Crippen LogP contribution is -2.44. The van der Waals surface area contributed by atoms with E-state index in [1.807, 2.05) is 0 Å². The number of halogens is 3. The minimum Gasteiger partial charge on any atom is -0.481 e. The second kappa shape index (κ2) is 5.29. The summed E-state index contributed by atoms with van der Waals surface area (Å²) in [5, 5.41) is 16.6. The summed E-state index contributed by atoms with van der Waals surface area (Å²) in [6, 6.07) is -2.26. The van der Waals surface area contributed by atoms with E-state index < -0.39 is 41.1 Å². The fourth-order valence-corrected chi connectivity index (χ4v) is 1.51. The molecule has 0 heterocycles. The van der Waals surface area contributed by atoms with Crippen molar-refractivity contribution < 1.29 is 45.6 Å². The number of hydrogen-bond donors (Lipinski definition) is 3. The highest BCUT2D eigenvalue weighted by Crippen LogP contribution is 2.19. The molecule has 0 bridgehead atoms. The highest BCUT2D eigenvalue weighted by atomic mass is 32.2. The molecule has 0 aromatic rings. The van der Waals surface area contributed by atoms with Gasteiger partial charge in [0.2, 0.25) is 0 Å². The molecule has 3 N–H and O–H groups in total. The fourth-order valence-electron chi connectivity index (χ4n) is 0.677. The van der Waals surface area contributed by atoms with E-state index in [0.29, 0.717) is 0 Å². The molecular weight excluding hydrogens is 275 g/mol. The van der Waals surface area contributed by atoms with Crippen LogP contribution in [0.1, 0.15) is 6.42 Å². The summed E-state index contributed by atoms with van der Waals surface area (Å²) in [4.78, 5) is 20.5. The zero-order valence-corrected chi connectivity index (χ0v) is 8.58. The Hall–Kier alpha value is -1.40. The van der Waals surface area contributed by atoms with Crippen LogP contribution < -0.4 is 4.72 Å². The van der Waals surface area contributed by atoms with Gasteiger partial charge in [0.1, 0.15) is 6.04 Å². The van der Waals surface area contributed by atoms with Crippen molar-refractivity contribution in [2.75, 3.05) is 0 Å². The van der Waals surface area contributed by atoms with E-state index in [-0.39, 0.29) is 0 Å². The van der Waals surface area contributed by atoms with Gasteiger partial charge in [0.15, 0.2) is 0 Å². The van der Waals surface area contributed by atoms with Crippen molar-refractivity contribution in [1.29, 1.82) is 0 Å². The zero-order valence-electron chi connectivity index (χ0n) is 7.76. The Balaban J connectivity index is 4.76. The van der Waals surface area contributed by atoms with Crippen LogP contribution in [0.25, 0.3) is 0 Å². The number of rotatable bonds is 6. The Morgan fingerprint density at radius 2 is 1.76 bits per heavy atom. The van der Waals surface area contributed by atoms with Gasteiger partial charge >= 0.3 is 28.6 Å². The van der Waals surface area contributed by atoms with Crippen molar-refractivity contribution >= 4 is 22.2 Å². The lowest BCUT2D eigenvalue weighted by molar-refractivity contribution is -0.272. The zero-order chi connectivity index (χ0) is 13.9. The summed E-state index contributed by atoms with van der Waals surface area (Å²) < 4.78 is 59.5. The van der Waals surface area contributed by atoms with Gasteiger partial charge in [0, 0.05) is 0 Å². The van der Waals surface area contributed by atoms with Gasteiger partial charge in [0.25, 0.3) is 0 Å². The second-order valence-corrected chi connectivity index (χ2v) is 3.90. The molecule has 0 saturated heterocycles. The number of carboxylic acids is 2. The molecule has 0 rings (SSSR count). The molecule has 0 aromatic carbocycles. The Morgan fingerprint density at radius 3 is 2.06 bits per heavy atom. The molecule has 0 aromatic heterocycles. The predicted molar refractivity (Wildman–Crippen MR) is 42.9 cm³/mol. The minimum atomic E-state index is -5.54. The van der Waals surface area contributed by atoms with Gasteiger partial charge in [-0.15, -0.1) is 13.2 Å². The maximum Gasteiger partial charge on any atom is 0.538 e. The molecule has 12 heteroatoms. The average molecular weight is 281 g/mol. The van der Waals surface area contributed by atoms with Crippen molar-refractivity contribution in [3.63, 3.8) is 0 Å². The van der Waals surface area contributed by atoms with Gasteiger partial charge in [-0.25, -0.2) is 0 Å². The first kappa shape index (κ1) is 15.6. The summed E-state index contributed by atoms with van der Waals surface area (Å²) >= 11 is 0. The van der Waals surface area contributed by atoms with Crippen LogP contribution in [0.3, 0.4) is 0 Å². The average Bonchev–Trinajstić information content (AvgIpc) is 1.95. The van der Waals surface area contributed by atoms with E-state index in [1.165, 1.54) is 0 Å². The third-order valence-electron chi connectivity index (χ3n) is 1.17. The van der Waals surface area contributed by atoms with E-state index in [1.54, 1.807) is 0 Å². The normalized spacial score (nSPS) is 14.3. The maximum atomic E-state index is 11.6. The monoisotopic (exact) mass is 281 g/mol. The number of carbonyl (C=O) groups is 2. The summed E-state index contributed by atoms with van der Waals surface area (Å²) in [6.45, 7) is 0. The van der Waals surface area contributed by atoms with Crippen LogP contribution >= 0.6 is 0 Å². The van der Waals surface area contributed by atoms with Crippen LogP contribution in [-0.2, 0) is 24.1 Å². The SMILES string of the molecule is O=C(O)C[C@H](NS(=O)(=O)OC(F)(F)F)C(=O)O. The first-order valence-corrected chi connectivity index (χ1v) is 5.08. The third-order valence-corrected chi connectivity index (χ3v) is 2.15. The third kappa shape index (κ3) is 7.48. The highest BCUT2D eigenvalue weighted by molar-refractivity contribution is 7.84. The molecule has 0 amide bonds. The summed E-state index contributed by atoms with van der Waals surface area (Å²) in [5.74, 6) is -3.67. The first-order chi connectivity index (χ1) is 7.43. The van der Waals surface area contributed by atoms with Crippen LogP contribution in [0.15, 0.2) is 0 Å². The minimum absolute atomic E-state index is 0.930. The molecule has 0 saturated carbocycles. The molecule has 0 unspecified atom stereocenters. The van der Waals surface area contributed by atoms with Gasteiger partial charge in [-0.05, 0) is 0 Å². The van der Waals surface area contributed by atoms with E-state index in [9.17, 15) is 31.2 Å². The smallest absolute Gasteiger partial charge is 0.481 e. The Kier molecular flexibility index (Phi) is 4.85. The fraction of sp³-hybridized carbons (Fsp3) is 0.600. The first-order valence-electron chi connectivity index (χ1n) is 3.67. The summed E-state index contributed by atoms with van der Waals surface area (Å²) in [5.41, 5.74) is 0. The van der Waals surface area contributed by atoms with Crippen molar-refractivity contribution in [2.24, 2.45) is 0 Å².